The second-order valence-corrected chi connectivity index (χ2v) is 7.82. The van der Waals surface area contributed by atoms with Crippen LogP contribution in [0, 0.1) is 11.8 Å². The van der Waals surface area contributed by atoms with Crippen LogP contribution in [-0.2, 0) is 4.74 Å². The summed E-state index contributed by atoms with van der Waals surface area (Å²) in [6, 6.07) is 21.6. The van der Waals surface area contributed by atoms with Gasteiger partial charge < -0.3 is 15.2 Å². The van der Waals surface area contributed by atoms with Gasteiger partial charge in [-0.1, -0.05) is 60.4 Å². The first-order valence-electron chi connectivity index (χ1n) is 9.69. The number of halogens is 1. The summed E-state index contributed by atoms with van der Waals surface area (Å²) < 4.78 is 6.10. The Morgan fingerprint density at radius 2 is 1.70 bits per heavy atom. The highest BCUT2D eigenvalue weighted by Gasteiger charge is 2.28. The molecular formula is C25H20BrNO3. The minimum atomic E-state index is -0.439. The van der Waals surface area contributed by atoms with Crippen molar-refractivity contribution in [1.82, 2.24) is 5.32 Å². The van der Waals surface area contributed by atoms with Crippen molar-refractivity contribution < 1.29 is 14.6 Å². The molecule has 0 radical (unpaired) electrons. The molecule has 4 nitrogen and oxygen atoms in total. The van der Waals surface area contributed by atoms with E-state index in [9.17, 15) is 9.90 Å². The Kier molecular flexibility index (Phi) is 6.06. The number of nitrogens with one attached hydrogen (secondary N) is 1. The summed E-state index contributed by atoms with van der Waals surface area (Å²) in [5.41, 5.74) is 5.59. The second-order valence-electron chi connectivity index (χ2n) is 6.97. The minimum Gasteiger partial charge on any atom is -0.507 e. The number of hydrogen-bond donors (Lipinski definition) is 2. The summed E-state index contributed by atoms with van der Waals surface area (Å²) in [5.74, 6) is 6.24. The molecule has 0 heterocycles. The largest absolute Gasteiger partial charge is 0.507 e. The maximum atomic E-state index is 12.1. The molecule has 30 heavy (non-hydrogen) atoms. The number of amides is 1. The lowest BCUT2D eigenvalue weighted by Gasteiger charge is -2.14. The van der Waals surface area contributed by atoms with E-state index >= 15 is 0 Å². The Balaban J connectivity index is 1.29. The summed E-state index contributed by atoms with van der Waals surface area (Å²) in [4.78, 5) is 12.1. The summed E-state index contributed by atoms with van der Waals surface area (Å²) in [6.45, 7) is 0.704. The first kappa shape index (κ1) is 20.1. The van der Waals surface area contributed by atoms with Crippen molar-refractivity contribution in [2.24, 2.45) is 0 Å². The number of rotatable bonds is 4. The number of benzene rings is 3. The van der Waals surface area contributed by atoms with E-state index in [4.69, 9.17) is 4.74 Å². The van der Waals surface area contributed by atoms with Gasteiger partial charge in [0.25, 0.3) is 0 Å². The molecule has 3 aromatic carbocycles. The van der Waals surface area contributed by atoms with Crippen molar-refractivity contribution in [1.29, 1.82) is 0 Å². The maximum Gasteiger partial charge on any atom is 0.407 e. The monoisotopic (exact) mass is 461 g/mol. The third kappa shape index (κ3) is 4.34. The Morgan fingerprint density at radius 1 is 1.03 bits per heavy atom. The van der Waals surface area contributed by atoms with Crippen LogP contribution in [0.25, 0.3) is 11.1 Å². The van der Waals surface area contributed by atoms with Crippen LogP contribution in [0.4, 0.5) is 4.79 Å². The fraction of sp³-hybridized carbons (Fsp3) is 0.160. The Hall–Kier alpha value is -3.23. The lowest BCUT2D eigenvalue weighted by atomic mass is 9.98. The highest BCUT2D eigenvalue weighted by molar-refractivity contribution is 9.10. The van der Waals surface area contributed by atoms with Crippen molar-refractivity contribution in [2.45, 2.75) is 12.3 Å². The first-order chi connectivity index (χ1) is 14.6. The van der Waals surface area contributed by atoms with E-state index in [1.54, 1.807) is 18.2 Å². The Labute approximate surface area is 184 Å². The second kappa shape index (κ2) is 9.06. The molecule has 0 aliphatic heterocycles. The molecular weight excluding hydrogens is 442 g/mol. The molecule has 2 N–H and O–H groups in total. The minimum absolute atomic E-state index is 0.0517. The number of ether oxygens (including phenoxy) is 1. The molecule has 150 valence electrons. The topological polar surface area (TPSA) is 58.6 Å². The number of phenolic OH excluding ortho intramolecular Hbond substituents is 1. The standard InChI is InChI=1S/C25H20BrNO3/c26-23-15-17(12-13-24(23)28)7-5-6-14-27-25(29)30-16-22-20-10-3-1-8-18(20)19-9-2-4-11-21(19)22/h1-4,8-13,15,22,28H,6,14,16H2,(H,27,29). The van der Waals surface area contributed by atoms with E-state index in [0.717, 1.165) is 5.56 Å². The van der Waals surface area contributed by atoms with E-state index in [0.29, 0.717) is 24.0 Å². The summed E-state index contributed by atoms with van der Waals surface area (Å²) in [5, 5.41) is 12.2. The third-order valence-electron chi connectivity index (χ3n) is 5.04. The van der Waals surface area contributed by atoms with Crippen molar-refractivity contribution in [3.8, 4) is 28.7 Å². The molecule has 0 saturated heterocycles. The predicted octanol–water partition coefficient (Wildman–Crippen LogP) is 5.44. The van der Waals surface area contributed by atoms with Gasteiger partial charge in [-0.2, -0.15) is 0 Å². The molecule has 0 spiro atoms. The summed E-state index contributed by atoms with van der Waals surface area (Å²) >= 11 is 3.26. The van der Waals surface area contributed by atoms with Gasteiger partial charge in [-0.3, -0.25) is 0 Å². The van der Waals surface area contributed by atoms with Gasteiger partial charge in [0.15, 0.2) is 0 Å². The molecule has 4 rings (SSSR count). The number of carbonyl (C=O) groups is 1. The van der Waals surface area contributed by atoms with Crippen molar-refractivity contribution in [2.75, 3.05) is 13.2 Å². The molecule has 5 heteroatoms. The average molecular weight is 462 g/mol. The van der Waals surface area contributed by atoms with Crippen molar-refractivity contribution in [3.63, 3.8) is 0 Å². The first-order valence-corrected chi connectivity index (χ1v) is 10.5. The molecule has 0 unspecified atom stereocenters. The molecule has 1 amide bonds. The molecule has 3 aromatic rings. The molecule has 0 aromatic heterocycles. The third-order valence-corrected chi connectivity index (χ3v) is 5.68. The van der Waals surface area contributed by atoms with Crippen LogP contribution in [0.15, 0.2) is 71.2 Å². The van der Waals surface area contributed by atoms with Crippen LogP contribution in [0.5, 0.6) is 5.75 Å². The number of hydrogen-bond acceptors (Lipinski definition) is 3. The Morgan fingerprint density at radius 3 is 2.37 bits per heavy atom. The van der Waals surface area contributed by atoms with Gasteiger partial charge in [0.2, 0.25) is 0 Å². The molecule has 0 bridgehead atoms. The fourth-order valence-corrected chi connectivity index (χ4v) is 4.00. The number of phenols is 1. The van der Waals surface area contributed by atoms with Gasteiger partial charge in [-0.15, -0.1) is 0 Å². The van der Waals surface area contributed by atoms with Crippen LogP contribution in [0.2, 0.25) is 0 Å². The van der Waals surface area contributed by atoms with Gasteiger partial charge in [0.05, 0.1) is 4.47 Å². The number of alkyl carbamates (subject to hydrolysis) is 1. The zero-order chi connectivity index (χ0) is 20.9. The number of fused-ring (bicyclic) bond motifs is 3. The molecule has 1 aliphatic carbocycles. The lowest BCUT2D eigenvalue weighted by Crippen LogP contribution is -2.26. The highest BCUT2D eigenvalue weighted by Crippen LogP contribution is 2.44. The smallest absolute Gasteiger partial charge is 0.407 e. The van der Waals surface area contributed by atoms with Gasteiger partial charge in [0.1, 0.15) is 12.4 Å². The van der Waals surface area contributed by atoms with E-state index in [2.05, 4.69) is 57.4 Å². The molecule has 1 aliphatic rings. The zero-order valence-electron chi connectivity index (χ0n) is 16.2. The van der Waals surface area contributed by atoms with Gasteiger partial charge in [0, 0.05) is 24.4 Å². The average Bonchev–Trinajstić information content (AvgIpc) is 3.08. The maximum absolute atomic E-state index is 12.1. The van der Waals surface area contributed by atoms with E-state index < -0.39 is 6.09 Å². The predicted molar refractivity (Wildman–Crippen MR) is 120 cm³/mol. The number of aromatic hydroxyl groups is 1. The molecule has 0 fully saturated rings. The van der Waals surface area contributed by atoms with Crippen molar-refractivity contribution in [3.05, 3.63) is 87.9 Å². The normalized spacial score (nSPS) is 11.8. The summed E-state index contributed by atoms with van der Waals surface area (Å²) in [6.07, 6.45) is 0.0638. The van der Waals surface area contributed by atoms with Gasteiger partial charge in [-0.25, -0.2) is 4.79 Å². The molecule has 0 atom stereocenters. The van der Waals surface area contributed by atoms with Crippen LogP contribution < -0.4 is 5.32 Å². The summed E-state index contributed by atoms with van der Waals surface area (Å²) in [7, 11) is 0. The van der Waals surface area contributed by atoms with Crippen LogP contribution >= 0.6 is 15.9 Å². The van der Waals surface area contributed by atoms with E-state index in [1.807, 2.05) is 24.3 Å². The fourth-order valence-electron chi connectivity index (χ4n) is 3.63. The Bertz CT molecular complexity index is 1100. The van der Waals surface area contributed by atoms with Gasteiger partial charge in [-0.05, 0) is 56.4 Å². The highest BCUT2D eigenvalue weighted by atomic mass is 79.9. The van der Waals surface area contributed by atoms with Crippen LogP contribution in [0.3, 0.4) is 0 Å². The number of carbonyl (C=O) groups excluding carboxylic acids is 1. The lowest BCUT2D eigenvalue weighted by molar-refractivity contribution is 0.143. The van der Waals surface area contributed by atoms with E-state index in [1.165, 1.54) is 22.3 Å². The zero-order valence-corrected chi connectivity index (χ0v) is 17.8. The quantitative estimate of drug-likeness (QED) is 0.401. The van der Waals surface area contributed by atoms with Crippen molar-refractivity contribution >= 4 is 22.0 Å². The van der Waals surface area contributed by atoms with E-state index in [-0.39, 0.29) is 11.7 Å². The van der Waals surface area contributed by atoms with Crippen LogP contribution in [0.1, 0.15) is 29.0 Å². The molecule has 0 saturated carbocycles. The van der Waals surface area contributed by atoms with Crippen LogP contribution in [-0.4, -0.2) is 24.4 Å². The van der Waals surface area contributed by atoms with Gasteiger partial charge >= 0.3 is 6.09 Å². The SMILES string of the molecule is O=C(NCCC#Cc1ccc(O)c(Br)c1)OCC1c2ccccc2-c2ccccc21.